The predicted molar refractivity (Wildman–Crippen MR) is 54.2 cm³/mol. The van der Waals surface area contributed by atoms with Gasteiger partial charge in [0.05, 0.1) is 6.10 Å². The molecule has 0 aliphatic rings. The highest BCUT2D eigenvalue weighted by Crippen LogP contribution is 2.18. The minimum atomic E-state index is -0.467. The Balaban J connectivity index is 2.55. The molecule has 1 N–H and O–H groups in total. The average molecular weight is 196 g/mol. The average Bonchev–Trinajstić information content (AvgIpc) is 2.19. The maximum absolute atomic E-state index is 9.33. The van der Waals surface area contributed by atoms with Gasteiger partial charge in [0.1, 0.15) is 5.75 Å². The summed E-state index contributed by atoms with van der Waals surface area (Å²) in [5.41, 5.74) is 0.846. The lowest BCUT2D eigenvalue weighted by Gasteiger charge is -2.09. The zero-order chi connectivity index (χ0) is 10.4. The van der Waals surface area contributed by atoms with Crippen molar-refractivity contribution in [3.8, 4) is 5.75 Å². The van der Waals surface area contributed by atoms with Crippen molar-refractivity contribution < 1.29 is 14.6 Å². The normalized spacial score (nSPS) is 12.5. The first-order valence-electron chi connectivity index (χ1n) is 4.72. The van der Waals surface area contributed by atoms with Gasteiger partial charge in [0.15, 0.2) is 6.79 Å². The van der Waals surface area contributed by atoms with Crippen LogP contribution in [0.4, 0.5) is 0 Å². The SMILES string of the molecule is CCOCOc1cccc([C@H](C)O)c1. The highest BCUT2D eigenvalue weighted by molar-refractivity contribution is 5.29. The highest BCUT2D eigenvalue weighted by atomic mass is 16.7. The van der Waals surface area contributed by atoms with Crippen LogP contribution in [0.2, 0.25) is 0 Å². The Labute approximate surface area is 84.3 Å². The first kappa shape index (κ1) is 11.0. The van der Waals surface area contributed by atoms with Crippen LogP contribution in [0.3, 0.4) is 0 Å². The van der Waals surface area contributed by atoms with Crippen LogP contribution in [-0.4, -0.2) is 18.5 Å². The molecule has 1 aromatic carbocycles. The number of benzene rings is 1. The lowest BCUT2D eigenvalue weighted by molar-refractivity contribution is 0.0222. The van der Waals surface area contributed by atoms with Gasteiger partial charge in [0, 0.05) is 6.61 Å². The molecule has 1 aromatic rings. The van der Waals surface area contributed by atoms with Crippen LogP contribution in [0.25, 0.3) is 0 Å². The van der Waals surface area contributed by atoms with E-state index >= 15 is 0 Å². The van der Waals surface area contributed by atoms with Crippen molar-refractivity contribution in [3.63, 3.8) is 0 Å². The number of rotatable bonds is 5. The molecule has 0 unspecified atom stereocenters. The van der Waals surface area contributed by atoms with Crippen molar-refractivity contribution in [2.24, 2.45) is 0 Å². The Kier molecular flexibility index (Phi) is 4.43. The van der Waals surface area contributed by atoms with E-state index in [9.17, 15) is 5.11 Å². The van der Waals surface area contributed by atoms with Gasteiger partial charge in [-0.2, -0.15) is 0 Å². The minimum Gasteiger partial charge on any atom is -0.468 e. The molecule has 0 aliphatic carbocycles. The van der Waals surface area contributed by atoms with Gasteiger partial charge in [-0.1, -0.05) is 12.1 Å². The topological polar surface area (TPSA) is 38.7 Å². The summed E-state index contributed by atoms with van der Waals surface area (Å²) in [7, 11) is 0. The standard InChI is InChI=1S/C11H16O3/c1-3-13-8-14-11-6-4-5-10(7-11)9(2)12/h4-7,9,12H,3,8H2,1-2H3/t9-/m0/s1. The molecule has 14 heavy (non-hydrogen) atoms. The highest BCUT2D eigenvalue weighted by Gasteiger charge is 2.01. The maximum Gasteiger partial charge on any atom is 0.189 e. The van der Waals surface area contributed by atoms with Crippen molar-refractivity contribution >= 4 is 0 Å². The van der Waals surface area contributed by atoms with Crippen LogP contribution >= 0.6 is 0 Å². The van der Waals surface area contributed by atoms with E-state index in [1.165, 1.54) is 0 Å². The van der Waals surface area contributed by atoms with Crippen LogP contribution in [0.1, 0.15) is 25.5 Å². The third-order valence-corrected chi connectivity index (χ3v) is 1.85. The largest absolute Gasteiger partial charge is 0.468 e. The fourth-order valence-corrected chi connectivity index (χ4v) is 1.06. The summed E-state index contributed by atoms with van der Waals surface area (Å²) >= 11 is 0. The van der Waals surface area contributed by atoms with Crippen molar-refractivity contribution in [1.82, 2.24) is 0 Å². The summed E-state index contributed by atoms with van der Waals surface area (Å²) in [6.07, 6.45) is -0.467. The summed E-state index contributed by atoms with van der Waals surface area (Å²) in [4.78, 5) is 0. The molecule has 0 amide bonds. The maximum atomic E-state index is 9.33. The summed E-state index contributed by atoms with van der Waals surface area (Å²) < 4.78 is 10.4. The second-order valence-electron chi connectivity index (χ2n) is 3.00. The van der Waals surface area contributed by atoms with Crippen molar-refractivity contribution in [1.29, 1.82) is 0 Å². The summed E-state index contributed by atoms with van der Waals surface area (Å²) in [6.45, 7) is 4.52. The molecule has 78 valence electrons. The first-order valence-corrected chi connectivity index (χ1v) is 4.72. The lowest BCUT2D eigenvalue weighted by atomic mass is 10.1. The Morgan fingerprint density at radius 1 is 1.43 bits per heavy atom. The van der Waals surface area contributed by atoms with E-state index in [1.807, 2.05) is 31.2 Å². The molecular weight excluding hydrogens is 180 g/mol. The molecule has 1 rings (SSSR count). The van der Waals surface area contributed by atoms with Crippen molar-refractivity contribution in [2.75, 3.05) is 13.4 Å². The van der Waals surface area contributed by atoms with Crippen molar-refractivity contribution in [3.05, 3.63) is 29.8 Å². The molecule has 0 saturated carbocycles. The number of hydrogen-bond donors (Lipinski definition) is 1. The summed E-state index contributed by atoms with van der Waals surface area (Å²) in [6, 6.07) is 7.36. The van der Waals surface area contributed by atoms with E-state index in [0.717, 1.165) is 11.3 Å². The van der Waals surface area contributed by atoms with Crippen molar-refractivity contribution in [2.45, 2.75) is 20.0 Å². The first-order chi connectivity index (χ1) is 6.74. The smallest absolute Gasteiger partial charge is 0.189 e. The van der Waals surface area contributed by atoms with Crippen LogP contribution in [0.5, 0.6) is 5.75 Å². The molecule has 0 radical (unpaired) electrons. The third-order valence-electron chi connectivity index (χ3n) is 1.85. The number of hydrogen-bond acceptors (Lipinski definition) is 3. The molecule has 3 heteroatoms. The monoisotopic (exact) mass is 196 g/mol. The Morgan fingerprint density at radius 3 is 2.86 bits per heavy atom. The van der Waals surface area contributed by atoms with Crippen LogP contribution in [0.15, 0.2) is 24.3 Å². The van der Waals surface area contributed by atoms with Gasteiger partial charge in [0.25, 0.3) is 0 Å². The van der Waals surface area contributed by atoms with Gasteiger partial charge < -0.3 is 14.6 Å². The molecule has 0 fully saturated rings. The van der Waals surface area contributed by atoms with E-state index in [4.69, 9.17) is 9.47 Å². The quantitative estimate of drug-likeness (QED) is 0.579. The van der Waals surface area contributed by atoms with Gasteiger partial charge in [-0.3, -0.25) is 0 Å². The lowest BCUT2D eigenvalue weighted by Crippen LogP contribution is -2.02. The Morgan fingerprint density at radius 2 is 2.21 bits per heavy atom. The van der Waals surface area contributed by atoms with Gasteiger partial charge in [0.2, 0.25) is 0 Å². The van der Waals surface area contributed by atoms with Crippen LogP contribution in [0, 0.1) is 0 Å². The fraction of sp³-hybridized carbons (Fsp3) is 0.455. The number of aliphatic hydroxyl groups is 1. The molecule has 0 bridgehead atoms. The van der Waals surface area contributed by atoms with E-state index in [1.54, 1.807) is 6.92 Å². The van der Waals surface area contributed by atoms with E-state index in [0.29, 0.717) is 6.61 Å². The predicted octanol–water partition coefficient (Wildman–Crippen LogP) is 2.11. The minimum absolute atomic E-state index is 0.250. The Bertz CT molecular complexity index is 271. The zero-order valence-corrected chi connectivity index (χ0v) is 8.56. The fourth-order valence-electron chi connectivity index (χ4n) is 1.06. The van der Waals surface area contributed by atoms with Crippen LogP contribution < -0.4 is 4.74 Å². The van der Waals surface area contributed by atoms with Gasteiger partial charge in [-0.25, -0.2) is 0 Å². The number of aliphatic hydroxyl groups excluding tert-OH is 1. The second-order valence-corrected chi connectivity index (χ2v) is 3.00. The molecule has 0 saturated heterocycles. The molecule has 0 aliphatic heterocycles. The third kappa shape index (κ3) is 3.36. The van der Waals surface area contributed by atoms with Gasteiger partial charge in [-0.05, 0) is 31.5 Å². The number of ether oxygens (including phenoxy) is 2. The second kappa shape index (κ2) is 5.62. The molecule has 3 nitrogen and oxygen atoms in total. The molecule has 0 heterocycles. The molecule has 0 aromatic heterocycles. The van der Waals surface area contributed by atoms with E-state index < -0.39 is 6.10 Å². The van der Waals surface area contributed by atoms with Gasteiger partial charge in [-0.15, -0.1) is 0 Å². The molecule has 0 spiro atoms. The molecule has 1 atom stereocenters. The zero-order valence-electron chi connectivity index (χ0n) is 8.56. The summed E-state index contributed by atoms with van der Waals surface area (Å²) in [5, 5.41) is 9.33. The summed E-state index contributed by atoms with van der Waals surface area (Å²) in [5.74, 6) is 0.719. The van der Waals surface area contributed by atoms with Gasteiger partial charge >= 0.3 is 0 Å². The Hall–Kier alpha value is -1.06. The van der Waals surface area contributed by atoms with E-state index in [2.05, 4.69) is 0 Å². The molecular formula is C11H16O3. The van der Waals surface area contributed by atoms with Crippen LogP contribution in [-0.2, 0) is 4.74 Å². The van der Waals surface area contributed by atoms with E-state index in [-0.39, 0.29) is 6.79 Å².